The molecule has 1 atom stereocenters. The first-order chi connectivity index (χ1) is 19.6. The van der Waals surface area contributed by atoms with Gasteiger partial charge in [-0.25, -0.2) is 18.6 Å². The summed E-state index contributed by atoms with van der Waals surface area (Å²) < 4.78 is 42.8. The van der Waals surface area contributed by atoms with Crippen molar-refractivity contribution in [3.05, 3.63) is 57.9 Å². The van der Waals surface area contributed by atoms with Gasteiger partial charge in [0.05, 0.1) is 42.8 Å². The maximum Gasteiger partial charge on any atom is 0.414 e. The second-order valence-electron chi connectivity index (χ2n) is 10.5. The molecule has 1 aliphatic carbocycles. The summed E-state index contributed by atoms with van der Waals surface area (Å²) in [5.41, 5.74) is 0.0777. The highest BCUT2D eigenvalue weighted by Gasteiger charge is 2.35. The molecule has 1 aromatic carbocycles. The average molecular weight is 568 g/mol. The molecule has 41 heavy (non-hydrogen) atoms. The zero-order valence-corrected chi connectivity index (χ0v) is 22.4. The average Bonchev–Trinajstić information content (AvgIpc) is 3.67. The van der Waals surface area contributed by atoms with Crippen molar-refractivity contribution in [3.63, 3.8) is 0 Å². The molecule has 1 N–H and O–H groups in total. The molecule has 11 nitrogen and oxygen atoms in total. The highest BCUT2D eigenvalue weighted by atomic mass is 19.1. The van der Waals surface area contributed by atoms with Gasteiger partial charge >= 0.3 is 6.09 Å². The summed E-state index contributed by atoms with van der Waals surface area (Å²) in [6, 6.07) is 5.35. The van der Waals surface area contributed by atoms with E-state index in [1.165, 1.54) is 43.1 Å². The fraction of sp³-hybridized carbons (Fsp3) is 0.393. The number of halogens is 2. The minimum absolute atomic E-state index is 0.00948. The van der Waals surface area contributed by atoms with Crippen molar-refractivity contribution >= 4 is 40.3 Å². The second-order valence-corrected chi connectivity index (χ2v) is 10.5. The number of hydrogen-bond acceptors (Lipinski definition) is 8. The molecule has 2 aliphatic heterocycles. The number of hydrogen-bond donors (Lipinski definition) is 1. The summed E-state index contributed by atoms with van der Waals surface area (Å²) in [4.78, 5) is 55.5. The number of ether oxygens (including phenoxy) is 2. The third kappa shape index (κ3) is 5.07. The number of ketones is 1. The van der Waals surface area contributed by atoms with Crippen molar-refractivity contribution in [2.24, 2.45) is 0 Å². The number of nitrogens with one attached hydrogen (secondary N) is 1. The van der Waals surface area contributed by atoms with Crippen LogP contribution in [0.2, 0.25) is 0 Å². The Kier molecular flexibility index (Phi) is 6.59. The van der Waals surface area contributed by atoms with Gasteiger partial charge in [-0.1, -0.05) is 0 Å². The Bertz CT molecular complexity index is 1650. The third-order valence-corrected chi connectivity index (χ3v) is 7.38. The lowest BCUT2D eigenvalue weighted by molar-refractivity contribution is -0.119. The Morgan fingerprint density at radius 2 is 1.85 bits per heavy atom. The predicted molar refractivity (Wildman–Crippen MR) is 144 cm³/mol. The number of rotatable bonds is 8. The normalized spacial score (nSPS) is 18.8. The highest BCUT2D eigenvalue weighted by molar-refractivity contribution is 5.97. The van der Waals surface area contributed by atoms with Gasteiger partial charge < -0.3 is 24.3 Å². The van der Waals surface area contributed by atoms with E-state index in [1.54, 1.807) is 9.47 Å². The van der Waals surface area contributed by atoms with Gasteiger partial charge in [0, 0.05) is 25.2 Å². The smallest absolute Gasteiger partial charge is 0.414 e. The molecule has 6 rings (SSSR count). The lowest BCUT2D eigenvalue weighted by Gasteiger charge is -2.40. The van der Waals surface area contributed by atoms with E-state index in [2.05, 4.69) is 10.3 Å². The first-order valence-corrected chi connectivity index (χ1v) is 13.3. The van der Waals surface area contributed by atoms with Crippen molar-refractivity contribution in [2.45, 2.75) is 44.9 Å². The fourth-order valence-electron chi connectivity index (χ4n) is 5.06. The van der Waals surface area contributed by atoms with Gasteiger partial charge in [0.25, 0.3) is 0 Å². The van der Waals surface area contributed by atoms with Crippen LogP contribution >= 0.6 is 0 Å². The maximum atomic E-state index is 15.1. The number of cyclic esters (lactones) is 1. The van der Waals surface area contributed by atoms with E-state index in [-0.39, 0.29) is 72.1 Å². The van der Waals surface area contributed by atoms with E-state index in [4.69, 9.17) is 9.47 Å². The van der Waals surface area contributed by atoms with Crippen molar-refractivity contribution in [3.8, 4) is 5.75 Å². The van der Waals surface area contributed by atoms with Crippen molar-refractivity contribution in [2.75, 3.05) is 36.0 Å². The summed E-state index contributed by atoms with van der Waals surface area (Å²) in [6.07, 6.45) is 1.63. The number of nitrogens with zero attached hydrogens (tertiary/aromatic N) is 4. The monoisotopic (exact) mass is 567 g/mol. The number of benzene rings is 1. The van der Waals surface area contributed by atoms with Crippen LogP contribution in [0.5, 0.6) is 5.75 Å². The number of carbonyl (C=O) groups is 3. The Morgan fingerprint density at radius 3 is 2.51 bits per heavy atom. The number of aromatic nitrogens is 2. The van der Waals surface area contributed by atoms with Gasteiger partial charge in [-0.05, 0) is 38.0 Å². The van der Waals surface area contributed by atoms with Crippen molar-refractivity contribution in [1.29, 1.82) is 0 Å². The number of pyridine rings is 2. The Hall–Kier alpha value is -4.55. The topological polar surface area (TPSA) is 123 Å². The molecular weight excluding hydrogens is 540 g/mol. The number of anilines is 2. The molecule has 2 aromatic heterocycles. The SMILES string of the molecule is CC(=O)NC[C@H]1CN(c2ccc(OC3CN(c4nc5c(cc4F)c(=O)c(C(C)=O)cn5C4CC4)C3)c(F)c2)C(=O)O1. The summed E-state index contributed by atoms with van der Waals surface area (Å²) in [6.45, 7) is 3.45. The Balaban J connectivity index is 1.14. The quantitative estimate of drug-likeness (QED) is 0.413. The third-order valence-electron chi connectivity index (χ3n) is 7.38. The number of carbonyl (C=O) groups excluding carboxylic acids is 3. The van der Waals surface area contributed by atoms with Crippen LogP contribution in [-0.4, -0.2) is 65.7 Å². The van der Waals surface area contributed by atoms with Crippen LogP contribution in [0, 0.1) is 11.6 Å². The summed E-state index contributed by atoms with van der Waals surface area (Å²) >= 11 is 0. The molecule has 0 radical (unpaired) electrons. The van der Waals surface area contributed by atoms with Crippen molar-refractivity contribution in [1.82, 2.24) is 14.9 Å². The largest absolute Gasteiger partial charge is 0.484 e. The Labute approximate surface area is 232 Å². The van der Waals surface area contributed by atoms with Gasteiger partial charge in [0.15, 0.2) is 29.0 Å². The van der Waals surface area contributed by atoms with E-state index >= 15 is 4.39 Å². The lowest BCUT2D eigenvalue weighted by atomic mass is 10.1. The zero-order chi connectivity index (χ0) is 29.0. The minimum atomic E-state index is -0.694. The van der Waals surface area contributed by atoms with Gasteiger partial charge in [-0.3, -0.25) is 19.3 Å². The van der Waals surface area contributed by atoms with Gasteiger partial charge in [0.1, 0.15) is 17.9 Å². The number of amides is 2. The molecule has 0 unspecified atom stereocenters. The molecule has 214 valence electrons. The zero-order valence-electron chi connectivity index (χ0n) is 22.4. The minimum Gasteiger partial charge on any atom is -0.484 e. The lowest BCUT2D eigenvalue weighted by Crippen LogP contribution is -2.54. The van der Waals surface area contributed by atoms with Gasteiger partial charge in [-0.2, -0.15) is 0 Å². The molecule has 2 saturated heterocycles. The molecule has 0 bridgehead atoms. The summed E-state index contributed by atoms with van der Waals surface area (Å²) in [5, 5.41) is 2.65. The van der Waals surface area contributed by atoms with E-state index < -0.39 is 35.4 Å². The molecule has 2 amide bonds. The highest BCUT2D eigenvalue weighted by Crippen LogP contribution is 2.38. The molecule has 3 fully saturated rings. The first-order valence-electron chi connectivity index (χ1n) is 13.3. The second kappa shape index (κ2) is 10.1. The van der Waals surface area contributed by atoms with Crippen LogP contribution in [0.15, 0.2) is 35.3 Å². The molecule has 4 heterocycles. The van der Waals surface area contributed by atoms with Crippen LogP contribution in [0.25, 0.3) is 11.0 Å². The molecular formula is C28H27F2N5O6. The van der Waals surface area contributed by atoms with E-state index in [0.29, 0.717) is 5.65 Å². The van der Waals surface area contributed by atoms with Crippen molar-refractivity contribution < 1.29 is 32.6 Å². The van der Waals surface area contributed by atoms with Crippen LogP contribution in [0.3, 0.4) is 0 Å². The molecule has 3 aliphatic rings. The van der Waals surface area contributed by atoms with Gasteiger partial charge in [-0.15, -0.1) is 0 Å². The number of fused-ring (bicyclic) bond motifs is 1. The molecule has 1 saturated carbocycles. The molecule has 0 spiro atoms. The number of Topliss-reactive ketones (excluding diaryl/α,β-unsaturated/α-hetero) is 1. The summed E-state index contributed by atoms with van der Waals surface area (Å²) in [7, 11) is 0. The van der Waals surface area contributed by atoms with E-state index in [1.807, 2.05) is 0 Å². The fourth-order valence-corrected chi connectivity index (χ4v) is 5.06. The van der Waals surface area contributed by atoms with Gasteiger partial charge in [0.2, 0.25) is 11.3 Å². The summed E-state index contributed by atoms with van der Waals surface area (Å²) in [5.74, 6) is -1.97. The van der Waals surface area contributed by atoms with Crippen LogP contribution in [0.4, 0.5) is 25.1 Å². The Morgan fingerprint density at radius 1 is 1.10 bits per heavy atom. The molecule has 13 heteroatoms. The predicted octanol–water partition coefficient (Wildman–Crippen LogP) is 2.94. The van der Waals surface area contributed by atoms with Crippen LogP contribution in [-0.2, 0) is 9.53 Å². The maximum absolute atomic E-state index is 15.1. The van der Waals surface area contributed by atoms with Crippen LogP contribution in [0.1, 0.15) is 43.1 Å². The van der Waals surface area contributed by atoms with E-state index in [9.17, 15) is 23.6 Å². The standard InChI is InChI=1S/C28H27F2N5O6/c1-14(36)21-13-34(16-3-4-16)26-20(25(21)38)8-23(30)27(32-26)33-10-19(11-33)40-24-6-5-17(7-22(24)29)35-12-18(41-28(35)39)9-31-15(2)37/h5-8,13,16,18-19H,3-4,9-12H2,1-2H3,(H,31,37)/t18-/m0/s1. The van der Waals surface area contributed by atoms with E-state index in [0.717, 1.165) is 18.9 Å². The molecule has 3 aromatic rings. The first kappa shape index (κ1) is 26.7. The van der Waals surface area contributed by atoms with Crippen LogP contribution < -0.4 is 25.3 Å².